The van der Waals surface area contributed by atoms with Crippen LogP contribution in [0.15, 0.2) is 42.9 Å². The number of carbonyl (C=O) groups excluding carboxylic acids is 1. The van der Waals surface area contributed by atoms with Crippen molar-refractivity contribution in [3.8, 4) is 0 Å². The number of pyridine rings is 2. The van der Waals surface area contributed by atoms with Gasteiger partial charge in [-0.1, -0.05) is 6.07 Å². The van der Waals surface area contributed by atoms with Crippen LogP contribution in [-0.2, 0) is 17.8 Å². The van der Waals surface area contributed by atoms with E-state index in [0.29, 0.717) is 13.0 Å². The zero-order chi connectivity index (χ0) is 17.6. The average Bonchev–Trinajstić information content (AvgIpc) is 2.93. The second kappa shape index (κ2) is 7.88. The molecule has 1 amide bonds. The highest BCUT2D eigenvalue weighted by Crippen LogP contribution is 2.17. The molecule has 3 heterocycles. The number of aromatic nitrogens is 4. The second-order valence-corrected chi connectivity index (χ2v) is 6.40. The molecule has 0 bridgehead atoms. The lowest BCUT2D eigenvalue weighted by molar-refractivity contribution is -0.121. The standard InChI is InChI=1S/C19H23N5O/c1-14(2)22-18(25)9-3-8-17-23-16-7-5-11-21-19(16)24(17)13-15-6-4-10-20-12-15/h4-7,10-12,14H,3,8-9,13H2,1-2H3,(H,22,25). The lowest BCUT2D eigenvalue weighted by Gasteiger charge is -2.10. The summed E-state index contributed by atoms with van der Waals surface area (Å²) >= 11 is 0. The molecule has 0 aromatic carbocycles. The van der Waals surface area contributed by atoms with Gasteiger partial charge in [0.2, 0.25) is 5.91 Å². The Bertz CT molecular complexity index is 841. The van der Waals surface area contributed by atoms with Gasteiger partial charge in [-0.2, -0.15) is 0 Å². The molecule has 130 valence electrons. The molecule has 0 fully saturated rings. The van der Waals surface area contributed by atoms with Gasteiger partial charge in [0.25, 0.3) is 0 Å². The molecule has 6 nitrogen and oxygen atoms in total. The third-order valence-electron chi connectivity index (χ3n) is 3.90. The Morgan fingerprint density at radius 3 is 2.84 bits per heavy atom. The van der Waals surface area contributed by atoms with E-state index in [4.69, 9.17) is 4.98 Å². The molecule has 0 aliphatic carbocycles. The topological polar surface area (TPSA) is 72.7 Å². The number of nitrogens with one attached hydrogen (secondary N) is 1. The van der Waals surface area contributed by atoms with Gasteiger partial charge in [-0.25, -0.2) is 9.97 Å². The van der Waals surface area contributed by atoms with Crippen molar-refractivity contribution in [3.63, 3.8) is 0 Å². The molecule has 0 aliphatic rings. The monoisotopic (exact) mass is 337 g/mol. The molecule has 0 saturated carbocycles. The van der Waals surface area contributed by atoms with Crippen LogP contribution < -0.4 is 5.32 Å². The van der Waals surface area contributed by atoms with Gasteiger partial charge in [-0.3, -0.25) is 9.78 Å². The van der Waals surface area contributed by atoms with Crippen LogP contribution in [0.2, 0.25) is 0 Å². The SMILES string of the molecule is CC(C)NC(=O)CCCc1nc2cccnc2n1Cc1cccnc1. The Labute approximate surface area is 147 Å². The molecule has 0 spiro atoms. The number of imidazole rings is 1. The summed E-state index contributed by atoms with van der Waals surface area (Å²) in [5, 5.41) is 2.92. The minimum Gasteiger partial charge on any atom is -0.354 e. The first kappa shape index (κ1) is 17.1. The van der Waals surface area contributed by atoms with Crippen molar-refractivity contribution in [2.24, 2.45) is 0 Å². The fraction of sp³-hybridized carbons (Fsp3) is 0.368. The van der Waals surface area contributed by atoms with Gasteiger partial charge in [0.05, 0.1) is 6.54 Å². The van der Waals surface area contributed by atoms with Gasteiger partial charge in [0, 0.05) is 37.5 Å². The summed E-state index contributed by atoms with van der Waals surface area (Å²) in [5.74, 6) is 1.04. The predicted octanol–water partition coefficient (Wildman–Crippen LogP) is 2.72. The predicted molar refractivity (Wildman–Crippen MR) is 97.1 cm³/mol. The van der Waals surface area contributed by atoms with Crippen LogP contribution in [0.1, 0.15) is 38.1 Å². The van der Waals surface area contributed by atoms with Crippen molar-refractivity contribution in [1.82, 2.24) is 24.8 Å². The Kier molecular flexibility index (Phi) is 5.38. The Morgan fingerprint density at radius 2 is 2.08 bits per heavy atom. The van der Waals surface area contributed by atoms with Crippen LogP contribution in [0.5, 0.6) is 0 Å². The Balaban J connectivity index is 1.77. The molecule has 1 N–H and O–H groups in total. The lowest BCUT2D eigenvalue weighted by atomic mass is 10.2. The first-order valence-electron chi connectivity index (χ1n) is 8.62. The highest BCUT2D eigenvalue weighted by atomic mass is 16.1. The molecule has 0 radical (unpaired) electrons. The summed E-state index contributed by atoms with van der Waals surface area (Å²) in [6.45, 7) is 4.61. The third kappa shape index (κ3) is 4.41. The van der Waals surface area contributed by atoms with Crippen molar-refractivity contribution in [2.75, 3.05) is 0 Å². The Morgan fingerprint density at radius 1 is 1.24 bits per heavy atom. The number of fused-ring (bicyclic) bond motifs is 1. The molecular weight excluding hydrogens is 314 g/mol. The van der Waals surface area contributed by atoms with E-state index in [0.717, 1.165) is 35.4 Å². The van der Waals surface area contributed by atoms with Gasteiger partial charge in [0.1, 0.15) is 11.3 Å². The van der Waals surface area contributed by atoms with Gasteiger partial charge >= 0.3 is 0 Å². The molecule has 0 unspecified atom stereocenters. The summed E-state index contributed by atoms with van der Waals surface area (Å²) in [4.78, 5) is 25.2. The van der Waals surface area contributed by atoms with Crippen molar-refractivity contribution in [1.29, 1.82) is 0 Å². The molecular formula is C19H23N5O. The normalized spacial score (nSPS) is 11.2. The summed E-state index contributed by atoms with van der Waals surface area (Å²) in [5.41, 5.74) is 2.85. The van der Waals surface area contributed by atoms with E-state index in [-0.39, 0.29) is 11.9 Å². The van der Waals surface area contributed by atoms with Crippen molar-refractivity contribution >= 4 is 17.1 Å². The zero-order valence-corrected chi connectivity index (χ0v) is 14.6. The molecule has 25 heavy (non-hydrogen) atoms. The van der Waals surface area contributed by atoms with Crippen molar-refractivity contribution in [3.05, 3.63) is 54.2 Å². The summed E-state index contributed by atoms with van der Waals surface area (Å²) in [6.07, 6.45) is 7.40. The maximum Gasteiger partial charge on any atom is 0.220 e. The molecule has 3 aromatic heterocycles. The molecule has 3 rings (SSSR count). The number of hydrogen-bond donors (Lipinski definition) is 1. The van der Waals surface area contributed by atoms with Crippen LogP contribution in [-0.4, -0.2) is 31.5 Å². The molecule has 3 aromatic rings. The number of aryl methyl sites for hydroxylation is 1. The second-order valence-electron chi connectivity index (χ2n) is 6.40. The van der Waals surface area contributed by atoms with Crippen LogP contribution >= 0.6 is 0 Å². The first-order valence-corrected chi connectivity index (χ1v) is 8.62. The quantitative estimate of drug-likeness (QED) is 0.719. The number of carbonyl (C=O) groups is 1. The number of rotatable bonds is 7. The minimum absolute atomic E-state index is 0.0862. The van der Waals surface area contributed by atoms with Gasteiger partial charge < -0.3 is 9.88 Å². The van der Waals surface area contributed by atoms with E-state index in [9.17, 15) is 4.79 Å². The molecule has 0 saturated heterocycles. The van der Waals surface area contributed by atoms with E-state index >= 15 is 0 Å². The zero-order valence-electron chi connectivity index (χ0n) is 14.6. The molecule has 0 atom stereocenters. The fourth-order valence-electron chi connectivity index (χ4n) is 2.84. The average molecular weight is 337 g/mol. The van der Waals surface area contributed by atoms with Crippen LogP contribution in [0, 0.1) is 0 Å². The highest BCUT2D eigenvalue weighted by Gasteiger charge is 2.13. The number of amides is 1. The number of hydrogen-bond acceptors (Lipinski definition) is 4. The first-order chi connectivity index (χ1) is 12.1. The van der Waals surface area contributed by atoms with E-state index in [2.05, 4.69) is 19.9 Å². The summed E-state index contributed by atoms with van der Waals surface area (Å²) < 4.78 is 2.12. The van der Waals surface area contributed by atoms with E-state index in [1.165, 1.54) is 0 Å². The van der Waals surface area contributed by atoms with Gasteiger partial charge in [0.15, 0.2) is 5.65 Å². The molecule has 0 aliphatic heterocycles. The van der Waals surface area contributed by atoms with Gasteiger partial charge in [-0.05, 0) is 44.0 Å². The number of nitrogens with zero attached hydrogens (tertiary/aromatic N) is 4. The van der Waals surface area contributed by atoms with Crippen molar-refractivity contribution < 1.29 is 4.79 Å². The van der Waals surface area contributed by atoms with Crippen molar-refractivity contribution in [2.45, 2.75) is 45.7 Å². The van der Waals surface area contributed by atoms with Crippen LogP contribution in [0.25, 0.3) is 11.2 Å². The summed E-state index contributed by atoms with van der Waals surface area (Å²) in [6, 6.07) is 8.01. The summed E-state index contributed by atoms with van der Waals surface area (Å²) in [7, 11) is 0. The van der Waals surface area contributed by atoms with Crippen LogP contribution in [0.3, 0.4) is 0 Å². The lowest BCUT2D eigenvalue weighted by Crippen LogP contribution is -2.29. The maximum absolute atomic E-state index is 11.8. The third-order valence-corrected chi connectivity index (χ3v) is 3.90. The van der Waals surface area contributed by atoms with E-state index in [1.807, 2.05) is 44.3 Å². The van der Waals surface area contributed by atoms with Crippen LogP contribution in [0.4, 0.5) is 0 Å². The minimum atomic E-state index is 0.0862. The van der Waals surface area contributed by atoms with E-state index in [1.54, 1.807) is 12.4 Å². The molecule has 6 heteroatoms. The Hall–Kier alpha value is -2.76. The smallest absolute Gasteiger partial charge is 0.220 e. The van der Waals surface area contributed by atoms with Gasteiger partial charge in [-0.15, -0.1) is 0 Å². The fourth-order valence-corrected chi connectivity index (χ4v) is 2.84. The largest absolute Gasteiger partial charge is 0.354 e. The van der Waals surface area contributed by atoms with E-state index < -0.39 is 0 Å². The maximum atomic E-state index is 11.8. The highest BCUT2D eigenvalue weighted by molar-refractivity contribution is 5.76.